The number of nitrogens with one attached hydrogen (secondary N) is 1. The van der Waals surface area contributed by atoms with Crippen LogP contribution in [0.2, 0.25) is 4.34 Å². The van der Waals surface area contributed by atoms with Gasteiger partial charge in [0, 0.05) is 24.2 Å². The predicted molar refractivity (Wildman–Crippen MR) is 79.6 cm³/mol. The summed E-state index contributed by atoms with van der Waals surface area (Å²) in [5, 5.41) is 1.27. The second kappa shape index (κ2) is 5.36. The van der Waals surface area contributed by atoms with Crippen molar-refractivity contribution in [3.63, 3.8) is 0 Å². The molecule has 1 aromatic carbocycles. The number of para-hydroxylation sites is 1. The molecule has 1 N–H and O–H groups in total. The molecule has 0 saturated carbocycles. The van der Waals surface area contributed by atoms with Crippen LogP contribution in [0.5, 0.6) is 0 Å². The first-order chi connectivity index (χ1) is 9.70. The number of ketones is 1. The van der Waals surface area contributed by atoms with Crippen LogP contribution in [0.4, 0.5) is 0 Å². The lowest BCUT2D eigenvalue weighted by Gasteiger charge is -1.95. The molecule has 0 spiro atoms. The molecule has 0 atom stereocenters. The Balaban J connectivity index is 2.02. The molecule has 3 aromatic rings. The highest BCUT2D eigenvalue weighted by atomic mass is 35.5. The molecule has 0 fully saturated rings. The van der Waals surface area contributed by atoms with Crippen molar-refractivity contribution in [3.8, 4) is 0 Å². The molecule has 0 aliphatic heterocycles. The monoisotopic (exact) mass is 306 g/mol. The van der Waals surface area contributed by atoms with Crippen LogP contribution in [0.15, 0.2) is 30.5 Å². The van der Waals surface area contributed by atoms with Crippen LogP contribution in [0.1, 0.15) is 21.1 Å². The lowest BCUT2D eigenvalue weighted by molar-refractivity contribution is 0.103. The third-order valence-corrected chi connectivity index (χ3v) is 4.29. The van der Waals surface area contributed by atoms with E-state index in [1.54, 1.807) is 13.3 Å². The average Bonchev–Trinajstić information content (AvgIpc) is 3.03. The van der Waals surface area contributed by atoms with Crippen LogP contribution in [0, 0.1) is 0 Å². The van der Waals surface area contributed by atoms with Gasteiger partial charge in [-0.2, -0.15) is 0 Å². The largest absolute Gasteiger partial charge is 0.378 e. The molecule has 102 valence electrons. The van der Waals surface area contributed by atoms with E-state index in [-0.39, 0.29) is 5.78 Å². The van der Waals surface area contributed by atoms with Gasteiger partial charge in [-0.1, -0.05) is 41.1 Å². The minimum absolute atomic E-state index is 0.128. The van der Waals surface area contributed by atoms with Gasteiger partial charge in [-0.3, -0.25) is 4.79 Å². The maximum absolute atomic E-state index is 12.5. The Hall–Kier alpha value is -1.69. The molecule has 0 amide bonds. The first-order valence-corrected chi connectivity index (χ1v) is 7.15. The lowest BCUT2D eigenvalue weighted by Crippen LogP contribution is -2.00. The maximum Gasteiger partial charge on any atom is 0.223 e. The van der Waals surface area contributed by atoms with Crippen LogP contribution < -0.4 is 0 Å². The number of hydrogen-bond acceptors (Lipinski definition) is 4. The van der Waals surface area contributed by atoms with Crippen LogP contribution in [-0.2, 0) is 11.3 Å². The number of carbonyl (C=O) groups excluding carboxylic acids is 1. The Bertz CT molecular complexity index is 778. The van der Waals surface area contributed by atoms with Gasteiger partial charge in [0.25, 0.3) is 0 Å². The van der Waals surface area contributed by atoms with Gasteiger partial charge >= 0.3 is 0 Å². The summed E-state index contributed by atoms with van der Waals surface area (Å²) < 4.78 is 5.50. The van der Waals surface area contributed by atoms with E-state index in [2.05, 4.69) is 9.97 Å². The first-order valence-electron chi connectivity index (χ1n) is 5.95. The van der Waals surface area contributed by atoms with E-state index in [0.29, 0.717) is 27.2 Å². The minimum atomic E-state index is -0.128. The summed E-state index contributed by atoms with van der Waals surface area (Å²) >= 11 is 7.24. The van der Waals surface area contributed by atoms with Crippen molar-refractivity contribution < 1.29 is 9.53 Å². The predicted octanol–water partition coefficient (Wildman–Crippen LogP) is 3.66. The molecule has 0 aliphatic carbocycles. The van der Waals surface area contributed by atoms with E-state index in [1.165, 1.54) is 11.3 Å². The molecular formula is C14H11ClN2O2S. The number of nitrogens with zero attached hydrogens (tertiary/aromatic N) is 1. The number of carbonyl (C=O) groups is 1. The second-order valence-electron chi connectivity index (χ2n) is 4.25. The summed E-state index contributed by atoms with van der Waals surface area (Å²) in [4.78, 5) is 19.9. The summed E-state index contributed by atoms with van der Waals surface area (Å²) in [7, 11) is 1.57. The summed E-state index contributed by atoms with van der Waals surface area (Å²) in [6.07, 6.45) is 1.71. The number of hydrogen-bond donors (Lipinski definition) is 1. The van der Waals surface area contributed by atoms with Crippen LogP contribution in [-0.4, -0.2) is 22.9 Å². The van der Waals surface area contributed by atoms with Crippen molar-refractivity contribution in [2.24, 2.45) is 0 Å². The highest BCUT2D eigenvalue weighted by molar-refractivity contribution is 7.18. The Labute approximate surface area is 124 Å². The zero-order valence-corrected chi connectivity index (χ0v) is 12.2. The van der Waals surface area contributed by atoms with E-state index in [4.69, 9.17) is 16.3 Å². The average molecular weight is 307 g/mol. The molecule has 0 bridgehead atoms. The fraction of sp³-hybridized carbons (Fsp3) is 0.143. The number of halogens is 1. The molecule has 0 saturated heterocycles. The summed E-state index contributed by atoms with van der Waals surface area (Å²) in [5.74, 6) is -0.128. The van der Waals surface area contributed by atoms with Gasteiger partial charge in [-0.25, -0.2) is 4.98 Å². The fourth-order valence-electron chi connectivity index (χ4n) is 2.03. The quantitative estimate of drug-likeness (QED) is 0.748. The molecule has 20 heavy (non-hydrogen) atoms. The number of aromatic nitrogens is 2. The Morgan fingerprint density at radius 3 is 3.05 bits per heavy atom. The first kappa shape index (κ1) is 13.3. The maximum atomic E-state index is 12.5. The normalized spacial score (nSPS) is 11.1. The van der Waals surface area contributed by atoms with Gasteiger partial charge in [-0.15, -0.1) is 0 Å². The highest BCUT2D eigenvalue weighted by Crippen LogP contribution is 2.28. The fourth-order valence-corrected chi connectivity index (χ4v) is 3.10. The van der Waals surface area contributed by atoms with Crippen molar-refractivity contribution in [2.75, 3.05) is 7.11 Å². The van der Waals surface area contributed by atoms with Crippen molar-refractivity contribution >= 4 is 39.6 Å². The van der Waals surface area contributed by atoms with E-state index in [1.807, 2.05) is 24.3 Å². The molecule has 0 aliphatic rings. The van der Waals surface area contributed by atoms with Crippen molar-refractivity contribution in [1.29, 1.82) is 0 Å². The van der Waals surface area contributed by atoms with E-state index in [9.17, 15) is 4.79 Å². The third-order valence-electron chi connectivity index (χ3n) is 2.96. The molecule has 3 rings (SSSR count). The highest BCUT2D eigenvalue weighted by Gasteiger charge is 2.19. The van der Waals surface area contributed by atoms with Gasteiger partial charge in [0.1, 0.15) is 4.34 Å². The molecule has 4 nitrogen and oxygen atoms in total. The number of methoxy groups -OCH3 is 1. The number of rotatable bonds is 4. The number of thiazole rings is 1. The Morgan fingerprint density at radius 2 is 2.25 bits per heavy atom. The number of benzene rings is 1. The second-order valence-corrected chi connectivity index (χ2v) is 5.85. The van der Waals surface area contributed by atoms with Gasteiger partial charge in [0.05, 0.1) is 17.9 Å². The minimum Gasteiger partial charge on any atom is -0.378 e. The number of ether oxygens (including phenoxy) is 1. The standard InChI is InChI=1S/C14H11ClN2O2S/c1-19-7-11-13(15)20-14(17-11)12(18)9-6-16-10-5-3-2-4-8(9)10/h2-6,16H,7H2,1H3. The summed E-state index contributed by atoms with van der Waals surface area (Å²) in [5.41, 5.74) is 2.13. The van der Waals surface area contributed by atoms with E-state index >= 15 is 0 Å². The summed E-state index contributed by atoms with van der Waals surface area (Å²) in [6.45, 7) is 0.302. The third kappa shape index (κ3) is 2.24. The molecule has 0 radical (unpaired) electrons. The number of H-pyrrole nitrogens is 1. The molecule has 2 aromatic heterocycles. The van der Waals surface area contributed by atoms with Crippen molar-refractivity contribution in [1.82, 2.24) is 9.97 Å². The molecule has 2 heterocycles. The van der Waals surface area contributed by atoms with Crippen LogP contribution >= 0.6 is 22.9 Å². The van der Waals surface area contributed by atoms with E-state index < -0.39 is 0 Å². The van der Waals surface area contributed by atoms with Crippen molar-refractivity contribution in [3.05, 3.63) is 51.1 Å². The SMILES string of the molecule is COCc1nc(C(=O)c2c[nH]c3ccccc23)sc1Cl. The Kier molecular flexibility index (Phi) is 3.56. The number of fused-ring (bicyclic) bond motifs is 1. The van der Waals surface area contributed by atoms with Gasteiger partial charge in [0.15, 0.2) is 5.01 Å². The van der Waals surface area contributed by atoms with E-state index in [0.717, 1.165) is 10.9 Å². The van der Waals surface area contributed by atoms with Crippen molar-refractivity contribution in [2.45, 2.75) is 6.61 Å². The molecule has 0 unspecified atom stereocenters. The molecule has 6 heteroatoms. The van der Waals surface area contributed by atoms with Gasteiger partial charge in [-0.05, 0) is 6.07 Å². The Morgan fingerprint density at radius 1 is 1.45 bits per heavy atom. The smallest absolute Gasteiger partial charge is 0.223 e. The van der Waals surface area contributed by atoms with Crippen LogP contribution in [0.3, 0.4) is 0 Å². The summed E-state index contributed by atoms with van der Waals surface area (Å²) in [6, 6.07) is 7.66. The van der Waals surface area contributed by atoms with Gasteiger partial charge in [0.2, 0.25) is 5.78 Å². The lowest BCUT2D eigenvalue weighted by atomic mass is 10.1. The zero-order chi connectivity index (χ0) is 14.1. The van der Waals surface area contributed by atoms with Gasteiger partial charge < -0.3 is 9.72 Å². The molecular weight excluding hydrogens is 296 g/mol. The zero-order valence-electron chi connectivity index (χ0n) is 10.6. The number of aromatic amines is 1. The van der Waals surface area contributed by atoms with Crippen LogP contribution in [0.25, 0.3) is 10.9 Å². The topological polar surface area (TPSA) is 55.0 Å².